The Hall–Kier alpha value is -3.93. The minimum absolute atomic E-state index is 0.0559. The number of nitrogens with zero attached hydrogens (tertiary/aromatic N) is 1. The lowest BCUT2D eigenvalue weighted by Gasteiger charge is -2.28. The molecule has 4 aromatic rings. The average molecular weight is 411 g/mol. The van der Waals surface area contributed by atoms with Gasteiger partial charge in [0.15, 0.2) is 0 Å². The number of para-hydroxylation sites is 3. The van der Waals surface area contributed by atoms with Crippen molar-refractivity contribution in [2.75, 3.05) is 0 Å². The molecule has 0 aliphatic carbocycles. The van der Waals surface area contributed by atoms with E-state index in [1.165, 1.54) is 0 Å². The Morgan fingerprint density at radius 1 is 0.935 bits per heavy atom. The van der Waals surface area contributed by atoms with Gasteiger partial charge in [-0.3, -0.25) is 9.59 Å². The molecule has 1 aliphatic heterocycles. The summed E-state index contributed by atoms with van der Waals surface area (Å²) >= 11 is 0. The molecular formula is C25H21N3O3. The van der Waals surface area contributed by atoms with Crippen molar-refractivity contribution < 1.29 is 9.53 Å². The van der Waals surface area contributed by atoms with Crippen molar-refractivity contribution in [3.8, 4) is 11.5 Å². The zero-order valence-electron chi connectivity index (χ0n) is 16.8. The molecule has 0 bridgehead atoms. The standard InChI is InChI=1S/C25H21N3O3/c29-23(15-7-14-22-26-19-11-4-1-8-16(19)25(30)27-22)28-24-17-9-2-5-12-20(17)31-21-13-6-3-10-18(21)24/h1-6,8-13,24H,7,14-15H2,(H,28,29)(H,26,27,30). The van der Waals surface area contributed by atoms with Gasteiger partial charge in [-0.15, -0.1) is 0 Å². The van der Waals surface area contributed by atoms with Crippen LogP contribution in [-0.2, 0) is 11.2 Å². The number of benzene rings is 3. The molecule has 3 aromatic carbocycles. The van der Waals surface area contributed by atoms with Crippen LogP contribution in [0.5, 0.6) is 11.5 Å². The molecule has 0 saturated carbocycles. The largest absolute Gasteiger partial charge is 0.457 e. The first-order valence-corrected chi connectivity index (χ1v) is 10.3. The third kappa shape index (κ3) is 3.80. The lowest BCUT2D eigenvalue weighted by atomic mass is 9.94. The van der Waals surface area contributed by atoms with Crippen LogP contribution in [0.2, 0.25) is 0 Å². The molecule has 2 N–H and O–H groups in total. The van der Waals surface area contributed by atoms with Crippen LogP contribution in [0.4, 0.5) is 0 Å². The number of aromatic amines is 1. The molecule has 31 heavy (non-hydrogen) atoms. The second-order valence-corrected chi connectivity index (χ2v) is 7.56. The zero-order valence-corrected chi connectivity index (χ0v) is 16.8. The van der Waals surface area contributed by atoms with Gasteiger partial charge in [0.05, 0.1) is 16.9 Å². The normalized spacial score (nSPS) is 12.6. The highest BCUT2D eigenvalue weighted by Crippen LogP contribution is 2.42. The monoisotopic (exact) mass is 411 g/mol. The zero-order chi connectivity index (χ0) is 21.2. The van der Waals surface area contributed by atoms with Gasteiger partial charge in [-0.25, -0.2) is 4.98 Å². The molecule has 1 aromatic heterocycles. The maximum atomic E-state index is 12.8. The SMILES string of the molecule is O=C(CCCc1nc2ccccc2c(=O)[nH]1)NC1c2ccccc2Oc2ccccc21. The van der Waals surface area contributed by atoms with Gasteiger partial charge >= 0.3 is 0 Å². The molecule has 154 valence electrons. The summed E-state index contributed by atoms with van der Waals surface area (Å²) in [4.78, 5) is 32.3. The summed E-state index contributed by atoms with van der Waals surface area (Å²) in [5, 5.41) is 3.72. The Bertz CT molecular complexity index is 1280. The predicted octanol–water partition coefficient (Wildman–Crippen LogP) is 4.26. The van der Waals surface area contributed by atoms with Gasteiger partial charge in [-0.05, 0) is 30.7 Å². The fourth-order valence-electron chi connectivity index (χ4n) is 3.97. The van der Waals surface area contributed by atoms with Crippen LogP contribution in [0.1, 0.15) is 35.8 Å². The number of H-pyrrole nitrogens is 1. The summed E-state index contributed by atoms with van der Waals surface area (Å²) in [5.41, 5.74) is 2.40. The lowest BCUT2D eigenvalue weighted by Crippen LogP contribution is -2.31. The Morgan fingerprint density at radius 2 is 1.58 bits per heavy atom. The second-order valence-electron chi connectivity index (χ2n) is 7.56. The first-order chi connectivity index (χ1) is 15.2. The van der Waals surface area contributed by atoms with E-state index in [0.717, 1.165) is 22.6 Å². The third-order valence-electron chi connectivity index (χ3n) is 5.46. The van der Waals surface area contributed by atoms with E-state index in [2.05, 4.69) is 15.3 Å². The van der Waals surface area contributed by atoms with Crippen molar-refractivity contribution in [1.82, 2.24) is 15.3 Å². The fraction of sp³-hybridized carbons (Fsp3) is 0.160. The summed E-state index contributed by atoms with van der Waals surface area (Å²) < 4.78 is 5.98. The quantitative estimate of drug-likeness (QED) is 0.514. The molecule has 0 unspecified atom stereocenters. The van der Waals surface area contributed by atoms with Gasteiger partial charge in [-0.2, -0.15) is 0 Å². The number of ether oxygens (including phenoxy) is 1. The highest BCUT2D eigenvalue weighted by Gasteiger charge is 2.27. The topological polar surface area (TPSA) is 84.1 Å². The number of amides is 1. The van der Waals surface area contributed by atoms with E-state index >= 15 is 0 Å². The second kappa shape index (κ2) is 8.07. The number of hydrogen-bond donors (Lipinski definition) is 2. The molecular weight excluding hydrogens is 390 g/mol. The van der Waals surface area contributed by atoms with Crippen LogP contribution in [0.3, 0.4) is 0 Å². The first-order valence-electron chi connectivity index (χ1n) is 10.3. The van der Waals surface area contributed by atoms with E-state index in [-0.39, 0.29) is 17.5 Å². The number of rotatable bonds is 5. The molecule has 6 nitrogen and oxygen atoms in total. The first kappa shape index (κ1) is 19.1. The minimum atomic E-state index is -0.257. The number of nitrogens with one attached hydrogen (secondary N) is 2. The van der Waals surface area contributed by atoms with Crippen LogP contribution in [-0.4, -0.2) is 15.9 Å². The van der Waals surface area contributed by atoms with Crippen LogP contribution in [0.15, 0.2) is 77.6 Å². The van der Waals surface area contributed by atoms with Crippen molar-refractivity contribution in [3.05, 3.63) is 100 Å². The average Bonchev–Trinajstić information content (AvgIpc) is 2.79. The summed E-state index contributed by atoms with van der Waals surface area (Å²) in [6.45, 7) is 0. The van der Waals surface area contributed by atoms with Gasteiger partial charge < -0.3 is 15.0 Å². The van der Waals surface area contributed by atoms with Crippen LogP contribution < -0.4 is 15.6 Å². The van der Waals surface area contributed by atoms with Crippen molar-refractivity contribution in [2.45, 2.75) is 25.3 Å². The van der Waals surface area contributed by atoms with Crippen LogP contribution in [0.25, 0.3) is 10.9 Å². The van der Waals surface area contributed by atoms with Gasteiger partial charge in [0.1, 0.15) is 17.3 Å². The maximum Gasteiger partial charge on any atom is 0.258 e. The van der Waals surface area contributed by atoms with Gasteiger partial charge in [0.25, 0.3) is 5.56 Å². The van der Waals surface area contributed by atoms with E-state index in [0.29, 0.717) is 36.0 Å². The molecule has 1 amide bonds. The number of fused-ring (bicyclic) bond motifs is 3. The van der Waals surface area contributed by atoms with E-state index in [4.69, 9.17) is 4.74 Å². The third-order valence-corrected chi connectivity index (χ3v) is 5.46. The summed E-state index contributed by atoms with van der Waals surface area (Å²) in [7, 11) is 0. The summed E-state index contributed by atoms with van der Waals surface area (Å²) in [6, 6.07) is 22.5. The molecule has 0 saturated heterocycles. The number of aromatic nitrogens is 2. The number of hydrogen-bond acceptors (Lipinski definition) is 4. The molecule has 0 radical (unpaired) electrons. The molecule has 0 spiro atoms. The lowest BCUT2D eigenvalue weighted by molar-refractivity contribution is -0.121. The van der Waals surface area contributed by atoms with Crippen molar-refractivity contribution >= 4 is 16.8 Å². The number of carbonyl (C=O) groups excluding carboxylic acids is 1. The van der Waals surface area contributed by atoms with Crippen molar-refractivity contribution in [3.63, 3.8) is 0 Å². The summed E-state index contributed by atoms with van der Waals surface area (Å²) in [5.74, 6) is 2.05. The Kier molecular flexibility index (Phi) is 4.96. The van der Waals surface area contributed by atoms with Crippen LogP contribution >= 0.6 is 0 Å². The highest BCUT2D eigenvalue weighted by molar-refractivity contribution is 5.78. The molecule has 6 heteroatoms. The fourth-order valence-corrected chi connectivity index (χ4v) is 3.97. The molecule has 0 atom stereocenters. The van der Waals surface area contributed by atoms with Gasteiger partial charge in [0.2, 0.25) is 5.91 Å². The number of carbonyl (C=O) groups is 1. The van der Waals surface area contributed by atoms with E-state index < -0.39 is 0 Å². The molecule has 2 heterocycles. The van der Waals surface area contributed by atoms with Crippen LogP contribution in [0, 0.1) is 0 Å². The van der Waals surface area contributed by atoms with Crippen molar-refractivity contribution in [1.29, 1.82) is 0 Å². The highest BCUT2D eigenvalue weighted by atomic mass is 16.5. The van der Waals surface area contributed by atoms with E-state index in [1.807, 2.05) is 66.7 Å². The van der Waals surface area contributed by atoms with Gasteiger partial charge in [-0.1, -0.05) is 48.5 Å². The minimum Gasteiger partial charge on any atom is -0.457 e. The molecule has 5 rings (SSSR count). The Balaban J connectivity index is 1.28. The van der Waals surface area contributed by atoms with E-state index in [9.17, 15) is 9.59 Å². The van der Waals surface area contributed by atoms with Crippen molar-refractivity contribution in [2.24, 2.45) is 0 Å². The van der Waals surface area contributed by atoms with Gasteiger partial charge in [0, 0.05) is 24.0 Å². The Morgan fingerprint density at radius 3 is 2.32 bits per heavy atom. The smallest absolute Gasteiger partial charge is 0.258 e. The predicted molar refractivity (Wildman–Crippen MR) is 118 cm³/mol. The maximum absolute atomic E-state index is 12.8. The molecule has 1 aliphatic rings. The Labute approximate surface area is 178 Å². The summed E-state index contributed by atoms with van der Waals surface area (Å²) in [6.07, 6.45) is 1.44. The molecule has 0 fully saturated rings. The van der Waals surface area contributed by atoms with E-state index in [1.54, 1.807) is 6.07 Å². The number of aryl methyl sites for hydroxylation is 1.